The van der Waals surface area contributed by atoms with E-state index in [-0.39, 0.29) is 17.5 Å². The first kappa shape index (κ1) is 22.5. The fourth-order valence-electron chi connectivity index (χ4n) is 2.90. The quantitative estimate of drug-likeness (QED) is 0.719. The first-order valence-electron chi connectivity index (χ1n) is 9.51. The Bertz CT molecular complexity index is 796. The van der Waals surface area contributed by atoms with Crippen molar-refractivity contribution in [3.05, 3.63) is 71.3 Å². The highest BCUT2D eigenvalue weighted by molar-refractivity contribution is 5.87. The fraction of sp³-hybridized carbons (Fsp3) is 0.391. The smallest absolute Gasteiger partial charge is 0.328 e. The van der Waals surface area contributed by atoms with E-state index in [4.69, 9.17) is 4.74 Å². The highest BCUT2D eigenvalue weighted by Crippen LogP contribution is 2.30. The van der Waals surface area contributed by atoms with Crippen LogP contribution in [-0.4, -0.2) is 24.0 Å². The number of esters is 1. The van der Waals surface area contributed by atoms with Crippen molar-refractivity contribution >= 4 is 11.9 Å². The third-order valence-electron chi connectivity index (χ3n) is 4.61. The van der Waals surface area contributed by atoms with E-state index in [9.17, 15) is 18.4 Å². The van der Waals surface area contributed by atoms with Gasteiger partial charge in [0.05, 0.1) is 0 Å². The molecule has 0 fully saturated rings. The van der Waals surface area contributed by atoms with Crippen LogP contribution < -0.4 is 5.32 Å². The minimum absolute atomic E-state index is 0.261. The maximum Gasteiger partial charge on any atom is 0.328 e. The Morgan fingerprint density at radius 2 is 1.28 bits per heavy atom. The van der Waals surface area contributed by atoms with E-state index in [0.717, 1.165) is 11.1 Å². The van der Waals surface area contributed by atoms with Gasteiger partial charge in [-0.05, 0) is 49.2 Å². The average molecular weight is 403 g/mol. The number of amides is 1. The lowest BCUT2D eigenvalue weighted by atomic mass is 9.87. The molecule has 0 aromatic heterocycles. The van der Waals surface area contributed by atoms with Crippen LogP contribution in [-0.2, 0) is 14.3 Å². The second kappa shape index (κ2) is 9.16. The second-order valence-electron chi connectivity index (χ2n) is 8.17. The van der Waals surface area contributed by atoms with Crippen molar-refractivity contribution in [2.24, 2.45) is 5.41 Å². The van der Waals surface area contributed by atoms with E-state index in [2.05, 4.69) is 5.32 Å². The van der Waals surface area contributed by atoms with E-state index < -0.39 is 29.4 Å². The van der Waals surface area contributed by atoms with Crippen LogP contribution in [0.2, 0.25) is 0 Å². The third kappa shape index (κ3) is 6.11. The molecule has 29 heavy (non-hydrogen) atoms. The largest absolute Gasteiger partial charge is 0.460 e. The summed E-state index contributed by atoms with van der Waals surface area (Å²) >= 11 is 0. The zero-order valence-corrected chi connectivity index (χ0v) is 17.3. The van der Waals surface area contributed by atoms with Crippen molar-refractivity contribution in [3.63, 3.8) is 0 Å². The van der Waals surface area contributed by atoms with Crippen molar-refractivity contribution in [3.8, 4) is 0 Å². The maximum atomic E-state index is 13.4. The second-order valence-corrected chi connectivity index (χ2v) is 8.17. The number of rotatable bonds is 6. The van der Waals surface area contributed by atoms with Crippen LogP contribution >= 0.6 is 0 Å². The zero-order chi connectivity index (χ0) is 21.8. The first-order chi connectivity index (χ1) is 13.5. The lowest BCUT2D eigenvalue weighted by Crippen LogP contribution is -2.45. The fourth-order valence-corrected chi connectivity index (χ4v) is 2.90. The van der Waals surface area contributed by atoms with E-state index in [0.29, 0.717) is 0 Å². The van der Waals surface area contributed by atoms with Gasteiger partial charge in [-0.1, -0.05) is 45.0 Å². The minimum atomic E-state index is -0.828. The van der Waals surface area contributed by atoms with Gasteiger partial charge in [0.15, 0.2) is 0 Å². The van der Waals surface area contributed by atoms with Crippen molar-refractivity contribution in [2.45, 2.75) is 52.7 Å². The van der Waals surface area contributed by atoms with Crippen LogP contribution in [0.25, 0.3) is 0 Å². The molecule has 0 bridgehead atoms. The van der Waals surface area contributed by atoms with Gasteiger partial charge in [-0.2, -0.15) is 0 Å². The van der Waals surface area contributed by atoms with Crippen molar-refractivity contribution < 1.29 is 23.1 Å². The predicted octanol–water partition coefficient (Wildman–Crippen LogP) is 4.58. The van der Waals surface area contributed by atoms with Gasteiger partial charge < -0.3 is 10.1 Å². The van der Waals surface area contributed by atoms with Gasteiger partial charge in [-0.15, -0.1) is 0 Å². The van der Waals surface area contributed by atoms with Gasteiger partial charge in [-0.25, -0.2) is 13.6 Å². The topological polar surface area (TPSA) is 55.4 Å². The van der Waals surface area contributed by atoms with Crippen LogP contribution in [0.5, 0.6) is 0 Å². The summed E-state index contributed by atoms with van der Waals surface area (Å²) < 4.78 is 32.3. The molecular weight excluding hydrogens is 376 g/mol. The van der Waals surface area contributed by atoms with Crippen LogP contribution in [0.4, 0.5) is 8.78 Å². The molecule has 0 radical (unpaired) electrons. The summed E-state index contributed by atoms with van der Waals surface area (Å²) in [5.74, 6) is -2.03. The van der Waals surface area contributed by atoms with Gasteiger partial charge in [0.1, 0.15) is 23.8 Å². The molecule has 1 N–H and O–H groups in total. The summed E-state index contributed by atoms with van der Waals surface area (Å²) in [5.41, 5.74) is 0.819. The number of ether oxygens (including phenoxy) is 1. The standard InChI is InChI=1S/C23H27F2NO3/c1-14(26-22(28)23(3,4)5)21(27)29-15(2)20(16-6-10-18(24)11-7-16)17-8-12-19(25)13-9-17/h6-15,20H,1-5H3,(H,26,28)/t14-,15+/m1/s1. The summed E-state index contributed by atoms with van der Waals surface area (Å²) in [7, 11) is 0. The van der Waals surface area contributed by atoms with Crippen molar-refractivity contribution in [1.82, 2.24) is 5.32 Å². The van der Waals surface area contributed by atoms with Gasteiger partial charge in [0.25, 0.3) is 0 Å². The molecule has 0 aliphatic carbocycles. The molecule has 2 aromatic rings. The molecule has 0 unspecified atom stereocenters. The van der Waals surface area contributed by atoms with Crippen molar-refractivity contribution in [1.29, 1.82) is 0 Å². The average Bonchev–Trinajstić information content (AvgIpc) is 2.64. The monoisotopic (exact) mass is 403 g/mol. The SMILES string of the molecule is C[C@H](OC(=O)[C@@H](C)NC(=O)C(C)(C)C)C(c1ccc(F)cc1)c1ccc(F)cc1. The minimum Gasteiger partial charge on any atom is -0.460 e. The molecule has 0 saturated heterocycles. The predicted molar refractivity (Wildman–Crippen MR) is 107 cm³/mol. The Balaban J connectivity index is 2.22. The number of hydrogen-bond acceptors (Lipinski definition) is 3. The number of carbonyl (C=O) groups is 2. The third-order valence-corrected chi connectivity index (χ3v) is 4.61. The number of hydrogen-bond donors (Lipinski definition) is 1. The molecule has 2 atom stereocenters. The first-order valence-corrected chi connectivity index (χ1v) is 9.51. The Hall–Kier alpha value is -2.76. The molecule has 0 heterocycles. The molecule has 1 amide bonds. The van der Waals surface area contributed by atoms with Crippen LogP contribution in [0.1, 0.15) is 51.7 Å². The summed E-state index contributed by atoms with van der Waals surface area (Å²) in [6.45, 7) is 8.53. The molecule has 6 heteroatoms. The molecule has 4 nitrogen and oxygen atoms in total. The van der Waals surface area contributed by atoms with Crippen LogP contribution in [0, 0.1) is 17.0 Å². The zero-order valence-electron chi connectivity index (χ0n) is 17.3. The van der Waals surface area contributed by atoms with Gasteiger partial charge in [0, 0.05) is 11.3 Å². The number of halogens is 2. The summed E-state index contributed by atoms with van der Waals surface area (Å²) in [6, 6.07) is 10.9. The Labute approximate surface area is 170 Å². The molecule has 0 aliphatic heterocycles. The summed E-state index contributed by atoms with van der Waals surface area (Å²) in [5, 5.41) is 2.65. The Morgan fingerprint density at radius 1 is 0.862 bits per heavy atom. The molecule has 156 valence electrons. The highest BCUT2D eigenvalue weighted by atomic mass is 19.1. The van der Waals surface area contributed by atoms with Gasteiger partial charge in [-0.3, -0.25) is 4.79 Å². The van der Waals surface area contributed by atoms with E-state index in [1.54, 1.807) is 58.9 Å². The lowest BCUT2D eigenvalue weighted by molar-refractivity contribution is -0.153. The molecule has 2 rings (SSSR count). The highest BCUT2D eigenvalue weighted by Gasteiger charge is 2.29. The van der Waals surface area contributed by atoms with E-state index in [1.807, 2.05) is 0 Å². The molecule has 2 aromatic carbocycles. The number of nitrogens with one attached hydrogen (secondary N) is 1. The number of benzene rings is 2. The maximum absolute atomic E-state index is 13.4. The molecule has 0 saturated carbocycles. The van der Waals surface area contributed by atoms with Crippen molar-refractivity contribution in [2.75, 3.05) is 0 Å². The van der Waals surface area contributed by atoms with Gasteiger partial charge in [0.2, 0.25) is 5.91 Å². The van der Waals surface area contributed by atoms with Crippen LogP contribution in [0.15, 0.2) is 48.5 Å². The van der Waals surface area contributed by atoms with E-state index >= 15 is 0 Å². The van der Waals surface area contributed by atoms with E-state index in [1.165, 1.54) is 24.3 Å². The lowest BCUT2D eigenvalue weighted by Gasteiger charge is -2.27. The molecule has 0 spiro atoms. The summed E-state index contributed by atoms with van der Waals surface area (Å²) in [4.78, 5) is 24.7. The number of carbonyl (C=O) groups excluding carboxylic acids is 2. The van der Waals surface area contributed by atoms with Crippen LogP contribution in [0.3, 0.4) is 0 Å². The summed E-state index contributed by atoms with van der Waals surface area (Å²) in [6.07, 6.45) is -0.632. The Kier molecular flexibility index (Phi) is 7.11. The normalized spacial score (nSPS) is 13.7. The molecular formula is C23H27F2NO3. The van der Waals surface area contributed by atoms with Gasteiger partial charge >= 0.3 is 5.97 Å². The molecule has 0 aliphatic rings. The Morgan fingerprint density at radius 3 is 1.66 bits per heavy atom.